The molecule has 0 radical (unpaired) electrons. The van der Waals surface area contributed by atoms with Gasteiger partial charge < -0.3 is 25.0 Å². The lowest BCUT2D eigenvalue weighted by molar-refractivity contribution is -0.120. The van der Waals surface area contributed by atoms with E-state index in [1.54, 1.807) is 11.3 Å². The van der Waals surface area contributed by atoms with Gasteiger partial charge in [-0.3, -0.25) is 9.69 Å². The van der Waals surface area contributed by atoms with Gasteiger partial charge in [0.1, 0.15) is 0 Å². The number of carbonyl (C=O) groups is 1. The van der Waals surface area contributed by atoms with E-state index >= 15 is 0 Å². The Morgan fingerprint density at radius 3 is 2.90 bits per heavy atom. The fourth-order valence-corrected chi connectivity index (χ4v) is 4.46. The monoisotopic (exact) mass is 440 g/mol. The van der Waals surface area contributed by atoms with Crippen molar-refractivity contribution in [1.82, 2.24) is 20.4 Å². The van der Waals surface area contributed by atoms with Gasteiger partial charge in [-0.15, -0.1) is 11.3 Å². The van der Waals surface area contributed by atoms with Crippen molar-refractivity contribution in [2.75, 3.05) is 59.1 Å². The molecule has 1 atom stereocenters. The molecular weight excluding hydrogens is 408 g/mol. The molecule has 2 saturated heterocycles. The quantitative estimate of drug-likeness (QED) is 0.534. The second kappa shape index (κ2) is 12.4. The Morgan fingerprint density at radius 1 is 1.31 bits per heavy atom. The molecule has 0 spiro atoms. The molecule has 1 amide bonds. The summed E-state index contributed by atoms with van der Waals surface area (Å²) in [6.07, 6.45) is 3.27. The van der Waals surface area contributed by atoms with Crippen LogP contribution in [0.4, 0.5) is 0 Å². The molecule has 2 aliphatic heterocycles. The van der Waals surface area contributed by atoms with Gasteiger partial charge in [-0.25, -0.2) is 0 Å². The Balaban J connectivity index is 1.41. The summed E-state index contributed by atoms with van der Waals surface area (Å²) in [5, 5.41) is 8.78. The van der Waals surface area contributed by atoms with E-state index < -0.39 is 0 Å². The van der Waals surface area contributed by atoms with Crippen LogP contribution >= 0.6 is 23.6 Å². The van der Waals surface area contributed by atoms with Crippen molar-refractivity contribution in [2.45, 2.75) is 31.9 Å². The third kappa shape index (κ3) is 8.18. The minimum absolute atomic E-state index is 0.0489. The predicted octanol–water partition coefficient (Wildman–Crippen LogP) is 1.44. The number of carbonyl (C=O) groups excluding carboxylic acids is 1. The van der Waals surface area contributed by atoms with E-state index in [1.165, 1.54) is 4.88 Å². The van der Waals surface area contributed by atoms with Crippen LogP contribution in [0.3, 0.4) is 0 Å². The van der Waals surface area contributed by atoms with E-state index in [9.17, 15) is 4.79 Å². The molecule has 2 N–H and O–H groups in total. The molecule has 2 fully saturated rings. The average Bonchev–Trinajstić information content (AvgIpc) is 3.44. The minimum Gasteiger partial charge on any atom is -0.379 e. The van der Waals surface area contributed by atoms with E-state index in [4.69, 9.17) is 21.7 Å². The van der Waals surface area contributed by atoms with Crippen LogP contribution in [0.1, 0.15) is 24.1 Å². The molecule has 3 heterocycles. The third-order valence-corrected chi connectivity index (χ3v) is 6.43. The molecule has 29 heavy (non-hydrogen) atoms. The highest BCUT2D eigenvalue weighted by atomic mass is 32.1. The number of ether oxygens (including phenoxy) is 2. The van der Waals surface area contributed by atoms with Gasteiger partial charge in [0.15, 0.2) is 5.11 Å². The second-order valence-corrected chi connectivity index (χ2v) is 8.83. The van der Waals surface area contributed by atoms with Crippen molar-refractivity contribution in [3.05, 3.63) is 22.4 Å². The number of morpholine rings is 1. The first-order valence-corrected chi connectivity index (χ1v) is 11.7. The highest BCUT2D eigenvalue weighted by Gasteiger charge is 2.17. The third-order valence-electron chi connectivity index (χ3n) is 5.17. The van der Waals surface area contributed by atoms with Crippen LogP contribution in [0, 0.1) is 0 Å². The Labute approximate surface area is 182 Å². The maximum absolute atomic E-state index is 12.1. The van der Waals surface area contributed by atoms with Gasteiger partial charge in [0.2, 0.25) is 5.91 Å². The molecule has 1 aromatic heterocycles. The number of amides is 1. The molecule has 0 aromatic carbocycles. The van der Waals surface area contributed by atoms with Gasteiger partial charge in [-0.1, -0.05) is 6.07 Å². The van der Waals surface area contributed by atoms with E-state index in [0.717, 1.165) is 71.8 Å². The van der Waals surface area contributed by atoms with Crippen molar-refractivity contribution in [3.63, 3.8) is 0 Å². The first-order chi connectivity index (χ1) is 14.2. The van der Waals surface area contributed by atoms with Crippen molar-refractivity contribution in [2.24, 2.45) is 0 Å². The Bertz CT molecular complexity index is 617. The van der Waals surface area contributed by atoms with Gasteiger partial charge in [0, 0.05) is 44.2 Å². The molecule has 0 saturated carbocycles. The van der Waals surface area contributed by atoms with E-state index in [1.807, 2.05) is 0 Å². The van der Waals surface area contributed by atoms with Crippen molar-refractivity contribution in [3.8, 4) is 0 Å². The molecule has 2 aliphatic rings. The smallest absolute Gasteiger partial charge is 0.239 e. The molecule has 9 heteroatoms. The molecule has 1 aromatic rings. The Hall–Kier alpha value is -1.26. The maximum atomic E-state index is 12.1. The lowest BCUT2D eigenvalue weighted by atomic mass is 10.2. The van der Waals surface area contributed by atoms with Gasteiger partial charge in [-0.2, -0.15) is 0 Å². The molecule has 3 rings (SSSR count). The number of nitrogens with one attached hydrogen (secondary N) is 2. The highest BCUT2D eigenvalue weighted by Crippen LogP contribution is 2.13. The number of thiophene rings is 1. The summed E-state index contributed by atoms with van der Waals surface area (Å²) in [5.41, 5.74) is 0. The lowest BCUT2D eigenvalue weighted by Gasteiger charge is -2.29. The van der Waals surface area contributed by atoms with Crippen molar-refractivity contribution >= 4 is 34.6 Å². The zero-order valence-corrected chi connectivity index (χ0v) is 18.6. The molecular formula is C20H32N4O3S2. The van der Waals surface area contributed by atoms with Crippen LogP contribution in [-0.2, 0) is 20.8 Å². The highest BCUT2D eigenvalue weighted by molar-refractivity contribution is 7.80. The Morgan fingerprint density at radius 2 is 2.17 bits per heavy atom. The van der Waals surface area contributed by atoms with E-state index in [0.29, 0.717) is 11.7 Å². The second-order valence-electron chi connectivity index (χ2n) is 7.41. The standard InChI is InChI=1S/C20H32N4O3S2/c25-19(21-14-17-4-1-10-27-17)15-22-20(28)24(16-18-5-2-13-29-18)7-3-6-23-8-11-26-12-9-23/h2,5,13,17H,1,3-4,6-12,14-16H2,(H,21,25)(H,22,28). The summed E-state index contributed by atoms with van der Waals surface area (Å²) >= 11 is 7.34. The fraction of sp³-hybridized carbons (Fsp3) is 0.700. The van der Waals surface area contributed by atoms with Crippen molar-refractivity contribution in [1.29, 1.82) is 0 Å². The van der Waals surface area contributed by atoms with Gasteiger partial charge in [0.05, 0.1) is 32.4 Å². The van der Waals surface area contributed by atoms with Crippen LogP contribution in [0.2, 0.25) is 0 Å². The predicted molar refractivity (Wildman–Crippen MR) is 119 cm³/mol. The maximum Gasteiger partial charge on any atom is 0.239 e. The SMILES string of the molecule is O=C(CNC(=S)N(CCCN1CCOCC1)Cc1cccs1)NCC1CCCO1. The first-order valence-electron chi connectivity index (χ1n) is 10.4. The van der Waals surface area contributed by atoms with Gasteiger partial charge in [-0.05, 0) is 42.9 Å². The minimum atomic E-state index is -0.0489. The number of rotatable bonds is 10. The number of thiocarbonyl (C=S) groups is 1. The van der Waals surface area contributed by atoms with Crippen LogP contribution in [0.15, 0.2) is 17.5 Å². The van der Waals surface area contributed by atoms with Crippen LogP contribution in [0.25, 0.3) is 0 Å². The molecule has 1 unspecified atom stereocenters. The number of nitrogens with zero attached hydrogens (tertiary/aromatic N) is 2. The molecule has 7 nitrogen and oxygen atoms in total. The van der Waals surface area contributed by atoms with Crippen LogP contribution in [0.5, 0.6) is 0 Å². The largest absolute Gasteiger partial charge is 0.379 e. The number of hydrogen-bond acceptors (Lipinski definition) is 6. The summed E-state index contributed by atoms with van der Waals surface area (Å²) < 4.78 is 11.0. The average molecular weight is 441 g/mol. The fourth-order valence-electron chi connectivity index (χ4n) is 3.52. The summed E-state index contributed by atoms with van der Waals surface area (Å²) in [6, 6.07) is 4.18. The van der Waals surface area contributed by atoms with Crippen LogP contribution < -0.4 is 10.6 Å². The Kier molecular flexibility index (Phi) is 9.62. The summed E-state index contributed by atoms with van der Waals surface area (Å²) in [5.74, 6) is -0.0489. The normalized spacial score (nSPS) is 19.8. The summed E-state index contributed by atoms with van der Waals surface area (Å²) in [6.45, 7) is 7.86. The summed E-state index contributed by atoms with van der Waals surface area (Å²) in [7, 11) is 0. The first kappa shape index (κ1) is 22.4. The molecule has 0 bridgehead atoms. The number of hydrogen-bond donors (Lipinski definition) is 2. The van der Waals surface area contributed by atoms with Gasteiger partial charge in [0.25, 0.3) is 0 Å². The molecule has 162 valence electrons. The lowest BCUT2D eigenvalue weighted by Crippen LogP contribution is -2.46. The van der Waals surface area contributed by atoms with Crippen molar-refractivity contribution < 1.29 is 14.3 Å². The van der Waals surface area contributed by atoms with Crippen LogP contribution in [-0.4, -0.2) is 86.0 Å². The van der Waals surface area contributed by atoms with E-state index in [-0.39, 0.29) is 18.6 Å². The van der Waals surface area contributed by atoms with E-state index in [2.05, 4.69) is 37.9 Å². The summed E-state index contributed by atoms with van der Waals surface area (Å²) in [4.78, 5) is 18.0. The molecule has 0 aliphatic carbocycles. The zero-order valence-electron chi connectivity index (χ0n) is 16.9. The topological polar surface area (TPSA) is 66.1 Å². The van der Waals surface area contributed by atoms with Gasteiger partial charge >= 0.3 is 0 Å². The zero-order chi connectivity index (χ0) is 20.3.